The van der Waals surface area contributed by atoms with Gasteiger partial charge in [0.15, 0.2) is 5.13 Å². The van der Waals surface area contributed by atoms with Crippen LogP contribution >= 0.6 is 11.3 Å². The summed E-state index contributed by atoms with van der Waals surface area (Å²) in [5, 5.41) is 0.465. The highest BCUT2D eigenvalue weighted by Crippen LogP contribution is 2.32. The number of carbonyl (C=O) groups excluding carboxylic acids is 2. The van der Waals surface area contributed by atoms with Crippen molar-refractivity contribution in [3.63, 3.8) is 0 Å². The van der Waals surface area contributed by atoms with Crippen LogP contribution in [0.5, 0.6) is 0 Å². The Kier molecular flexibility index (Phi) is 8.12. The number of anilines is 2. The minimum Gasteiger partial charge on any atom is -0.462 e. The topological polar surface area (TPSA) is 96.9 Å². The molecule has 0 aliphatic carbocycles. The molecule has 0 N–H and O–H groups in total. The van der Waals surface area contributed by atoms with Crippen LogP contribution in [-0.2, 0) is 21.2 Å². The minimum absolute atomic E-state index is 0.213. The fourth-order valence-electron chi connectivity index (χ4n) is 3.88. The van der Waals surface area contributed by atoms with Crippen molar-refractivity contribution in [2.24, 2.45) is 0 Å². The van der Waals surface area contributed by atoms with Crippen LogP contribution in [-0.4, -0.2) is 51.2 Å². The second-order valence-corrected chi connectivity index (χ2v) is 11.0. The van der Waals surface area contributed by atoms with E-state index < -0.39 is 16.0 Å². The highest BCUT2D eigenvalue weighted by molar-refractivity contribution is 7.92. The normalized spacial score (nSPS) is 13.5. The Balaban J connectivity index is 1.95. The van der Waals surface area contributed by atoms with Crippen molar-refractivity contribution in [2.45, 2.75) is 52.9 Å². The summed E-state index contributed by atoms with van der Waals surface area (Å²) >= 11 is 1.16. The molecule has 3 rings (SSSR count). The van der Waals surface area contributed by atoms with Crippen LogP contribution in [0.25, 0.3) is 0 Å². The first kappa shape index (κ1) is 25.2. The number of unbranched alkanes of at least 4 members (excludes halogenated alkanes) is 2. The Labute approximate surface area is 199 Å². The van der Waals surface area contributed by atoms with Crippen molar-refractivity contribution in [2.75, 3.05) is 35.2 Å². The van der Waals surface area contributed by atoms with Crippen LogP contribution < -0.4 is 9.21 Å². The van der Waals surface area contributed by atoms with E-state index in [1.165, 1.54) is 10.6 Å². The quantitative estimate of drug-likeness (QED) is 0.384. The summed E-state index contributed by atoms with van der Waals surface area (Å²) in [4.78, 5) is 32.4. The van der Waals surface area contributed by atoms with E-state index in [4.69, 9.17) is 4.74 Å². The molecule has 0 atom stereocenters. The molecule has 10 heteroatoms. The van der Waals surface area contributed by atoms with E-state index in [1.54, 1.807) is 36.9 Å². The molecule has 0 radical (unpaired) electrons. The highest BCUT2D eigenvalue weighted by atomic mass is 32.2. The molecule has 0 bridgehead atoms. The number of rotatable bonds is 9. The molecule has 0 fully saturated rings. The zero-order valence-corrected chi connectivity index (χ0v) is 21.2. The van der Waals surface area contributed by atoms with E-state index in [2.05, 4.69) is 11.9 Å². The van der Waals surface area contributed by atoms with Gasteiger partial charge < -0.3 is 4.74 Å². The molecule has 33 heavy (non-hydrogen) atoms. The van der Waals surface area contributed by atoms with Crippen molar-refractivity contribution in [1.82, 2.24) is 4.98 Å². The van der Waals surface area contributed by atoms with Gasteiger partial charge in [0.25, 0.3) is 5.91 Å². The number of hydrogen-bond donors (Lipinski definition) is 0. The Morgan fingerprint density at radius 3 is 2.67 bits per heavy atom. The number of aryl methyl sites for hydroxylation is 2. The summed E-state index contributed by atoms with van der Waals surface area (Å²) in [5.41, 5.74) is 2.49. The Morgan fingerprint density at radius 2 is 2.00 bits per heavy atom. The zero-order chi connectivity index (χ0) is 24.2. The SMILES string of the molecule is CCCCCN(C(=O)c1ccc2c(c1)CCCN2S(C)(=O)=O)c1nc(C)c(C(=O)OCC)s1. The van der Waals surface area contributed by atoms with Gasteiger partial charge in [-0.2, -0.15) is 0 Å². The number of nitrogens with zero attached hydrogens (tertiary/aromatic N) is 3. The van der Waals surface area contributed by atoms with Gasteiger partial charge in [-0.1, -0.05) is 31.1 Å². The summed E-state index contributed by atoms with van der Waals surface area (Å²) in [6, 6.07) is 5.17. The van der Waals surface area contributed by atoms with Gasteiger partial charge in [-0.25, -0.2) is 18.2 Å². The lowest BCUT2D eigenvalue weighted by Crippen LogP contribution is -2.35. The van der Waals surface area contributed by atoms with Crippen LogP contribution in [0.1, 0.15) is 70.8 Å². The maximum Gasteiger partial charge on any atom is 0.350 e. The molecule has 0 unspecified atom stereocenters. The molecular weight excluding hydrogens is 462 g/mol. The summed E-state index contributed by atoms with van der Waals surface area (Å²) in [6.07, 6.45) is 5.39. The molecule has 2 heterocycles. The third-order valence-corrected chi connectivity index (χ3v) is 7.85. The van der Waals surface area contributed by atoms with Gasteiger partial charge in [0, 0.05) is 18.7 Å². The number of fused-ring (bicyclic) bond motifs is 1. The number of sulfonamides is 1. The number of hydrogen-bond acceptors (Lipinski definition) is 7. The van der Waals surface area contributed by atoms with E-state index in [0.29, 0.717) is 52.9 Å². The van der Waals surface area contributed by atoms with E-state index >= 15 is 0 Å². The Morgan fingerprint density at radius 1 is 1.24 bits per heavy atom. The predicted molar refractivity (Wildman–Crippen MR) is 131 cm³/mol. The minimum atomic E-state index is -3.38. The fraction of sp³-hybridized carbons (Fsp3) is 0.522. The standard InChI is InChI=1S/C23H31N3O5S2/c1-5-7-8-13-25(23-24-16(3)20(32-23)22(28)31-6-2)21(27)18-11-12-19-17(15-18)10-9-14-26(19)33(4,29)30/h11-12,15H,5-10,13-14H2,1-4H3. The third-order valence-electron chi connectivity index (χ3n) is 5.51. The summed E-state index contributed by atoms with van der Waals surface area (Å²) in [7, 11) is -3.38. The largest absolute Gasteiger partial charge is 0.462 e. The van der Waals surface area contributed by atoms with Gasteiger partial charge in [-0.3, -0.25) is 14.0 Å². The first-order valence-electron chi connectivity index (χ1n) is 11.2. The first-order chi connectivity index (χ1) is 15.7. The lowest BCUT2D eigenvalue weighted by Gasteiger charge is -2.29. The molecule has 1 aliphatic rings. The molecule has 2 aromatic rings. The average molecular weight is 494 g/mol. The van der Waals surface area contributed by atoms with E-state index in [0.717, 1.165) is 36.2 Å². The van der Waals surface area contributed by atoms with E-state index in [-0.39, 0.29) is 12.5 Å². The van der Waals surface area contributed by atoms with Crippen LogP contribution in [0.3, 0.4) is 0 Å². The molecule has 1 amide bonds. The lowest BCUT2D eigenvalue weighted by atomic mass is 10.00. The van der Waals surface area contributed by atoms with E-state index in [9.17, 15) is 18.0 Å². The average Bonchev–Trinajstić information content (AvgIpc) is 3.16. The smallest absolute Gasteiger partial charge is 0.350 e. The number of ether oxygens (including phenoxy) is 1. The molecule has 0 saturated carbocycles. The molecule has 8 nitrogen and oxygen atoms in total. The van der Waals surface area contributed by atoms with Crippen LogP contribution in [0, 0.1) is 6.92 Å². The zero-order valence-electron chi connectivity index (χ0n) is 19.6. The van der Waals surface area contributed by atoms with Gasteiger partial charge >= 0.3 is 5.97 Å². The van der Waals surface area contributed by atoms with Gasteiger partial charge in [0.2, 0.25) is 10.0 Å². The number of aromatic nitrogens is 1. The summed E-state index contributed by atoms with van der Waals surface area (Å²) in [5.74, 6) is -0.649. The molecule has 0 saturated heterocycles. The number of carbonyl (C=O) groups is 2. The Hall–Kier alpha value is -2.46. The molecule has 0 spiro atoms. The maximum absolute atomic E-state index is 13.6. The third kappa shape index (κ3) is 5.73. The number of amides is 1. The molecule has 1 aliphatic heterocycles. The Bertz CT molecular complexity index is 1130. The van der Waals surface area contributed by atoms with Crippen LogP contribution in [0.4, 0.5) is 10.8 Å². The van der Waals surface area contributed by atoms with Crippen LogP contribution in [0.15, 0.2) is 18.2 Å². The second kappa shape index (κ2) is 10.6. The first-order valence-corrected chi connectivity index (χ1v) is 13.9. The number of esters is 1. The monoisotopic (exact) mass is 493 g/mol. The van der Waals surface area contributed by atoms with Crippen molar-refractivity contribution < 1.29 is 22.7 Å². The number of benzene rings is 1. The van der Waals surface area contributed by atoms with Crippen molar-refractivity contribution in [3.05, 3.63) is 39.9 Å². The van der Waals surface area contributed by atoms with Gasteiger partial charge in [-0.15, -0.1) is 0 Å². The predicted octanol–water partition coefficient (Wildman–Crippen LogP) is 4.18. The summed E-state index contributed by atoms with van der Waals surface area (Å²) in [6.45, 7) is 6.77. The molecule has 1 aromatic carbocycles. The maximum atomic E-state index is 13.6. The summed E-state index contributed by atoms with van der Waals surface area (Å²) < 4.78 is 30.8. The molecule has 1 aromatic heterocycles. The van der Waals surface area contributed by atoms with Gasteiger partial charge in [0.05, 0.1) is 24.2 Å². The lowest BCUT2D eigenvalue weighted by molar-refractivity contribution is 0.0531. The van der Waals surface area contributed by atoms with E-state index in [1.807, 2.05) is 0 Å². The number of thiazole rings is 1. The molecular formula is C23H31N3O5S2. The van der Waals surface area contributed by atoms with Crippen molar-refractivity contribution >= 4 is 44.1 Å². The molecule has 180 valence electrons. The second-order valence-electron chi connectivity index (χ2n) is 8.08. The van der Waals surface area contributed by atoms with Crippen molar-refractivity contribution in [1.29, 1.82) is 0 Å². The van der Waals surface area contributed by atoms with Gasteiger partial charge in [0.1, 0.15) is 4.88 Å². The van der Waals surface area contributed by atoms with Crippen LogP contribution in [0.2, 0.25) is 0 Å². The highest BCUT2D eigenvalue weighted by Gasteiger charge is 2.28. The van der Waals surface area contributed by atoms with Crippen molar-refractivity contribution in [3.8, 4) is 0 Å². The fourth-order valence-corrected chi connectivity index (χ4v) is 5.86. The van der Waals surface area contributed by atoms with Gasteiger partial charge in [-0.05, 0) is 56.9 Å².